The van der Waals surface area contributed by atoms with Gasteiger partial charge in [0.1, 0.15) is 0 Å². The summed E-state index contributed by atoms with van der Waals surface area (Å²) in [6.45, 7) is 0. The molecule has 0 aliphatic heterocycles. The van der Waals surface area contributed by atoms with Crippen molar-refractivity contribution in [2.24, 2.45) is 0 Å². The Bertz CT molecular complexity index is 376. The summed E-state index contributed by atoms with van der Waals surface area (Å²) >= 11 is 0. The highest BCUT2D eigenvalue weighted by Gasteiger charge is 2.84. The molecule has 0 aliphatic rings. The van der Waals surface area contributed by atoms with Crippen molar-refractivity contribution >= 4 is 16.1 Å². The SMILES string of the molecule is O=C(O)C(C(F)(F)F)(C(F)(F)F)S(=O)(=O)O. The van der Waals surface area contributed by atoms with Gasteiger partial charge in [-0.3, -0.25) is 4.55 Å². The Morgan fingerprint density at radius 3 is 1.19 bits per heavy atom. The van der Waals surface area contributed by atoms with Gasteiger partial charge in [0, 0.05) is 0 Å². The summed E-state index contributed by atoms with van der Waals surface area (Å²) in [5.41, 5.74) is 0. The van der Waals surface area contributed by atoms with Crippen molar-refractivity contribution in [3.63, 3.8) is 0 Å². The van der Waals surface area contributed by atoms with Crippen LogP contribution in [-0.4, -0.2) is 41.1 Å². The van der Waals surface area contributed by atoms with Crippen LogP contribution in [0.2, 0.25) is 0 Å². The number of hydrogen-bond donors (Lipinski definition) is 2. The molecule has 0 unspecified atom stereocenters. The highest BCUT2D eigenvalue weighted by Crippen LogP contribution is 2.48. The van der Waals surface area contributed by atoms with Crippen molar-refractivity contribution in [3.8, 4) is 0 Å². The van der Waals surface area contributed by atoms with Crippen molar-refractivity contribution < 1.29 is 49.2 Å². The number of carboxylic acids is 1. The van der Waals surface area contributed by atoms with Gasteiger partial charge in [-0.15, -0.1) is 0 Å². The van der Waals surface area contributed by atoms with Crippen LogP contribution in [0.15, 0.2) is 0 Å². The number of carbonyl (C=O) groups is 1. The summed E-state index contributed by atoms with van der Waals surface area (Å²) in [6, 6.07) is 0. The minimum atomic E-state index is -6.99. The van der Waals surface area contributed by atoms with Crippen molar-refractivity contribution in [1.29, 1.82) is 0 Å². The van der Waals surface area contributed by atoms with E-state index in [1.165, 1.54) is 0 Å². The Morgan fingerprint density at radius 2 is 1.19 bits per heavy atom. The standard InChI is InChI=1S/C4H2F6O5S/c5-3(6,7)2(1(11)12,4(8,9)10)16(13,14)15/h(H,11,12)(H,13,14,15). The third-order valence-corrected chi connectivity index (χ3v) is 2.90. The Hall–Kier alpha value is -1.04. The maximum absolute atomic E-state index is 12.0. The van der Waals surface area contributed by atoms with Crippen LogP contribution in [0.25, 0.3) is 0 Å². The smallest absolute Gasteiger partial charge is 0.430 e. The molecule has 12 heteroatoms. The summed E-state index contributed by atoms with van der Waals surface area (Å²) in [4.78, 5) is 9.98. The Kier molecular flexibility index (Phi) is 3.25. The molecule has 0 amide bonds. The fourth-order valence-electron chi connectivity index (χ4n) is 0.806. The van der Waals surface area contributed by atoms with Gasteiger partial charge in [-0.1, -0.05) is 0 Å². The predicted octanol–water partition coefficient (Wildman–Crippen LogP) is 0.822. The van der Waals surface area contributed by atoms with E-state index in [4.69, 9.17) is 9.66 Å². The second-order valence-electron chi connectivity index (χ2n) is 2.46. The molecule has 0 fully saturated rings. The molecule has 0 saturated carbocycles. The van der Waals surface area contributed by atoms with Crippen molar-refractivity contribution in [1.82, 2.24) is 0 Å². The van der Waals surface area contributed by atoms with E-state index < -0.39 is 33.2 Å². The lowest BCUT2D eigenvalue weighted by Gasteiger charge is -2.29. The normalized spacial score (nSPS) is 14.9. The molecule has 2 N–H and O–H groups in total. The minimum absolute atomic E-state index is 3.78. The first-order valence-corrected chi connectivity index (χ1v) is 4.47. The molecule has 0 heterocycles. The van der Waals surface area contributed by atoms with Crippen LogP contribution in [0.5, 0.6) is 0 Å². The maximum atomic E-state index is 12.0. The molecule has 0 radical (unpaired) electrons. The second-order valence-corrected chi connectivity index (χ2v) is 4.02. The highest BCUT2D eigenvalue weighted by atomic mass is 32.2. The molecule has 0 spiro atoms. The number of rotatable bonds is 2. The first-order valence-electron chi connectivity index (χ1n) is 3.03. The fourth-order valence-corrected chi connectivity index (χ4v) is 1.61. The molecule has 16 heavy (non-hydrogen) atoms. The van der Waals surface area contributed by atoms with E-state index in [2.05, 4.69) is 0 Å². The van der Waals surface area contributed by atoms with Crippen LogP contribution in [0.3, 0.4) is 0 Å². The molecule has 96 valence electrons. The van der Waals surface area contributed by atoms with Gasteiger partial charge in [-0.2, -0.15) is 34.8 Å². The molecule has 0 rings (SSSR count). The molecule has 0 bridgehead atoms. The first kappa shape index (κ1) is 15.0. The molecule has 0 aliphatic carbocycles. The quantitative estimate of drug-likeness (QED) is 0.575. The van der Waals surface area contributed by atoms with E-state index in [1.807, 2.05) is 0 Å². The molecule has 0 atom stereocenters. The number of halogens is 6. The van der Waals surface area contributed by atoms with E-state index in [9.17, 15) is 39.6 Å². The van der Waals surface area contributed by atoms with E-state index in [1.54, 1.807) is 0 Å². The average molecular weight is 276 g/mol. The zero-order valence-electron chi connectivity index (χ0n) is 6.80. The zero-order chi connectivity index (χ0) is 13.6. The molecule has 0 aromatic carbocycles. The van der Waals surface area contributed by atoms with Gasteiger partial charge in [0.25, 0.3) is 0 Å². The van der Waals surface area contributed by atoms with Gasteiger partial charge < -0.3 is 5.11 Å². The topological polar surface area (TPSA) is 91.7 Å². The highest BCUT2D eigenvalue weighted by molar-refractivity contribution is 7.88. The molecule has 0 aromatic rings. The van der Waals surface area contributed by atoms with Crippen LogP contribution >= 0.6 is 0 Å². The Labute approximate surface area is 83.4 Å². The van der Waals surface area contributed by atoms with Crippen LogP contribution in [0.4, 0.5) is 26.3 Å². The lowest BCUT2D eigenvalue weighted by molar-refractivity contribution is -0.266. The Balaban J connectivity index is 6.41. The molecular formula is C4H2F6O5S. The van der Waals surface area contributed by atoms with E-state index in [0.29, 0.717) is 0 Å². The van der Waals surface area contributed by atoms with E-state index in [-0.39, 0.29) is 0 Å². The summed E-state index contributed by atoms with van der Waals surface area (Å²) in [6.07, 6.45) is -13.5. The fraction of sp³-hybridized carbons (Fsp3) is 0.750. The van der Waals surface area contributed by atoms with Crippen molar-refractivity contribution in [2.75, 3.05) is 0 Å². The monoisotopic (exact) mass is 276 g/mol. The summed E-state index contributed by atoms with van der Waals surface area (Å²) in [5.74, 6) is -3.78. The van der Waals surface area contributed by atoms with E-state index >= 15 is 0 Å². The molecular weight excluding hydrogens is 274 g/mol. The first-order chi connectivity index (χ1) is 6.69. The third kappa shape index (κ3) is 1.81. The zero-order valence-corrected chi connectivity index (χ0v) is 7.61. The van der Waals surface area contributed by atoms with Crippen LogP contribution < -0.4 is 0 Å². The number of carboxylic acid groups (broad SMARTS) is 1. The summed E-state index contributed by atoms with van der Waals surface area (Å²) < 4.78 is 93.8. The second kappa shape index (κ2) is 3.48. The average Bonchev–Trinajstić information content (AvgIpc) is 1.71. The summed E-state index contributed by atoms with van der Waals surface area (Å²) in [7, 11) is -6.99. The van der Waals surface area contributed by atoms with Crippen LogP contribution in [0, 0.1) is 0 Å². The molecule has 5 nitrogen and oxygen atoms in total. The Morgan fingerprint density at radius 1 is 0.938 bits per heavy atom. The lowest BCUT2D eigenvalue weighted by Crippen LogP contribution is -2.66. The van der Waals surface area contributed by atoms with E-state index in [0.717, 1.165) is 0 Å². The molecule has 0 aromatic heterocycles. The van der Waals surface area contributed by atoms with Crippen molar-refractivity contribution in [2.45, 2.75) is 17.1 Å². The lowest BCUT2D eigenvalue weighted by atomic mass is 10.1. The number of aliphatic carboxylic acids is 1. The van der Waals surface area contributed by atoms with Gasteiger partial charge in [0.15, 0.2) is 0 Å². The van der Waals surface area contributed by atoms with Crippen LogP contribution in [0.1, 0.15) is 0 Å². The molecule has 0 saturated heterocycles. The van der Waals surface area contributed by atoms with Gasteiger partial charge in [0.05, 0.1) is 0 Å². The predicted molar refractivity (Wildman–Crippen MR) is 34.0 cm³/mol. The van der Waals surface area contributed by atoms with Crippen LogP contribution in [-0.2, 0) is 14.9 Å². The number of hydrogen-bond acceptors (Lipinski definition) is 3. The number of alkyl halides is 6. The third-order valence-electron chi connectivity index (χ3n) is 1.49. The maximum Gasteiger partial charge on any atom is 0.430 e. The summed E-state index contributed by atoms with van der Waals surface area (Å²) in [5, 5.41) is 7.85. The van der Waals surface area contributed by atoms with Gasteiger partial charge in [-0.25, -0.2) is 4.79 Å². The van der Waals surface area contributed by atoms with Gasteiger partial charge >= 0.3 is 33.2 Å². The van der Waals surface area contributed by atoms with Gasteiger partial charge in [0.2, 0.25) is 0 Å². The van der Waals surface area contributed by atoms with Crippen molar-refractivity contribution in [3.05, 3.63) is 0 Å². The minimum Gasteiger partial charge on any atom is -0.479 e. The largest absolute Gasteiger partial charge is 0.479 e. The van der Waals surface area contributed by atoms with Gasteiger partial charge in [-0.05, 0) is 0 Å².